The third kappa shape index (κ3) is 10.2. The monoisotopic (exact) mass is 615 g/mol. The zero-order chi connectivity index (χ0) is 31.4. The normalized spacial score (nSPS) is 21.0. The van der Waals surface area contributed by atoms with Gasteiger partial charge >= 0.3 is 5.97 Å². The molecule has 0 bridgehead atoms. The molecule has 3 atom stereocenters. The Kier molecular flexibility index (Phi) is 12.1. The Morgan fingerprint density at radius 1 is 0.778 bits per heavy atom. The van der Waals surface area contributed by atoms with Crippen molar-refractivity contribution in [2.24, 2.45) is 0 Å². The number of aliphatic hydroxyl groups excluding tert-OH is 1. The number of carboxylic acids is 1. The number of rotatable bonds is 14. The van der Waals surface area contributed by atoms with E-state index in [1.807, 2.05) is 48.5 Å². The van der Waals surface area contributed by atoms with Gasteiger partial charge < -0.3 is 25.0 Å². The number of unbranched alkanes of at least 4 members (excludes halogenated alkanes) is 2. The number of hydrogen-bond acceptors (Lipinski definition) is 7. The molecule has 240 valence electrons. The lowest BCUT2D eigenvalue weighted by molar-refractivity contribution is -0.253. The van der Waals surface area contributed by atoms with Gasteiger partial charge in [-0.3, -0.25) is 19.4 Å². The van der Waals surface area contributed by atoms with E-state index in [0.717, 1.165) is 62.4 Å². The van der Waals surface area contributed by atoms with Crippen LogP contribution in [0.2, 0.25) is 0 Å². The Bertz CT molecular complexity index is 1360. The van der Waals surface area contributed by atoms with Crippen molar-refractivity contribution in [1.82, 2.24) is 9.80 Å². The number of nitrogens with zero attached hydrogens (tertiary/aromatic N) is 2. The van der Waals surface area contributed by atoms with E-state index in [1.165, 1.54) is 5.56 Å². The quantitative estimate of drug-likeness (QED) is 0.204. The van der Waals surface area contributed by atoms with Crippen LogP contribution in [-0.2, 0) is 32.2 Å². The molecule has 2 aliphatic rings. The number of aliphatic hydroxyl groups is 1. The minimum absolute atomic E-state index is 0.00272. The molecule has 45 heavy (non-hydrogen) atoms. The van der Waals surface area contributed by atoms with Gasteiger partial charge in [0.15, 0.2) is 6.29 Å². The first-order valence-electron chi connectivity index (χ1n) is 16.1. The lowest BCUT2D eigenvalue weighted by Crippen LogP contribution is -2.49. The summed E-state index contributed by atoms with van der Waals surface area (Å²) < 4.78 is 13.1. The van der Waals surface area contributed by atoms with E-state index in [-0.39, 0.29) is 31.1 Å². The van der Waals surface area contributed by atoms with Crippen LogP contribution in [-0.4, -0.2) is 70.7 Å². The highest BCUT2D eigenvalue weighted by Crippen LogP contribution is 2.38. The predicted molar refractivity (Wildman–Crippen MR) is 172 cm³/mol. The molecule has 5 rings (SSSR count). The molecule has 9 nitrogen and oxygen atoms in total. The fourth-order valence-electron chi connectivity index (χ4n) is 6.02. The Morgan fingerprint density at radius 3 is 2.24 bits per heavy atom. The number of nitrogens with one attached hydrogen (secondary N) is 1. The van der Waals surface area contributed by atoms with Crippen LogP contribution in [0.1, 0.15) is 73.2 Å². The summed E-state index contributed by atoms with van der Waals surface area (Å²) in [5, 5.41) is 21.3. The predicted octanol–water partition coefficient (Wildman–Crippen LogP) is 5.52. The minimum atomic E-state index is -0.809. The maximum atomic E-state index is 12.6. The number of carbonyl (C=O) groups is 2. The molecular formula is C36H45N3O6. The Hall–Kier alpha value is -3.60. The highest BCUT2D eigenvalue weighted by atomic mass is 16.7. The van der Waals surface area contributed by atoms with Crippen molar-refractivity contribution in [1.29, 1.82) is 0 Å². The summed E-state index contributed by atoms with van der Waals surface area (Å²) in [6.45, 7) is 5.75. The summed E-state index contributed by atoms with van der Waals surface area (Å²) >= 11 is 0. The molecule has 3 aromatic rings. The summed E-state index contributed by atoms with van der Waals surface area (Å²) in [6, 6.07) is 26.1. The zero-order valence-corrected chi connectivity index (χ0v) is 25.9. The number of ether oxygens (including phenoxy) is 2. The van der Waals surface area contributed by atoms with E-state index in [4.69, 9.17) is 14.6 Å². The summed E-state index contributed by atoms with van der Waals surface area (Å²) in [5.74, 6) is -0.907. The largest absolute Gasteiger partial charge is 0.481 e. The van der Waals surface area contributed by atoms with Gasteiger partial charge in [0.05, 0.1) is 18.8 Å². The maximum absolute atomic E-state index is 12.6. The fourth-order valence-corrected chi connectivity index (χ4v) is 6.02. The molecule has 2 aliphatic heterocycles. The zero-order valence-electron chi connectivity index (χ0n) is 25.9. The second-order valence-corrected chi connectivity index (χ2v) is 12.0. The molecule has 9 heteroatoms. The molecule has 0 saturated carbocycles. The molecule has 3 N–H and O–H groups in total. The summed E-state index contributed by atoms with van der Waals surface area (Å²) in [4.78, 5) is 28.3. The number of piperazine rings is 1. The van der Waals surface area contributed by atoms with Crippen LogP contribution in [0.3, 0.4) is 0 Å². The van der Waals surface area contributed by atoms with Crippen LogP contribution >= 0.6 is 0 Å². The van der Waals surface area contributed by atoms with E-state index < -0.39 is 12.3 Å². The van der Waals surface area contributed by atoms with E-state index in [2.05, 4.69) is 45.4 Å². The van der Waals surface area contributed by atoms with Crippen LogP contribution in [0, 0.1) is 0 Å². The molecule has 0 spiro atoms. The van der Waals surface area contributed by atoms with Crippen LogP contribution in [0.4, 0.5) is 5.69 Å². The molecule has 2 heterocycles. The topological polar surface area (TPSA) is 112 Å². The van der Waals surface area contributed by atoms with E-state index in [1.54, 1.807) is 0 Å². The number of carbonyl (C=O) groups excluding carboxylic acids is 1. The van der Waals surface area contributed by atoms with Gasteiger partial charge in [0, 0.05) is 69.8 Å². The van der Waals surface area contributed by atoms with Gasteiger partial charge in [-0.2, -0.15) is 0 Å². The van der Waals surface area contributed by atoms with Gasteiger partial charge in [-0.05, 0) is 41.7 Å². The van der Waals surface area contributed by atoms with Crippen LogP contribution in [0.5, 0.6) is 0 Å². The first kappa shape index (κ1) is 32.8. The molecule has 2 fully saturated rings. The van der Waals surface area contributed by atoms with E-state index in [0.29, 0.717) is 31.4 Å². The van der Waals surface area contributed by atoms with Crippen molar-refractivity contribution in [2.75, 3.05) is 38.0 Å². The van der Waals surface area contributed by atoms with Gasteiger partial charge in [0.2, 0.25) is 5.91 Å². The second-order valence-electron chi connectivity index (χ2n) is 12.0. The molecular weight excluding hydrogens is 570 g/mol. The minimum Gasteiger partial charge on any atom is -0.481 e. The number of carboxylic acid groups (broad SMARTS) is 1. The third-order valence-electron chi connectivity index (χ3n) is 8.53. The molecule has 0 aromatic heterocycles. The number of anilines is 1. The standard InChI is InChI=1S/C36H45N3O6/c40-26-28-14-16-29(17-15-28)33-23-32(25-39-20-18-38(19-21-39)24-27-8-3-1-4-9-27)44-36(45-33)30-10-7-11-31(22-30)37-34(41)12-5-2-6-13-35(42)43/h1,3-4,7-11,14-17,22,32-33,36,40H,2,5-6,12-13,18-21,23-26H2,(H,37,41)(H,42,43)/t32-,33+,36+/m1/s1. The van der Waals surface area contributed by atoms with Crippen LogP contribution < -0.4 is 5.32 Å². The molecule has 3 aromatic carbocycles. The molecule has 1 amide bonds. The summed E-state index contributed by atoms with van der Waals surface area (Å²) in [6.07, 6.45) is 2.29. The van der Waals surface area contributed by atoms with Gasteiger partial charge in [-0.15, -0.1) is 0 Å². The average Bonchev–Trinajstić information content (AvgIpc) is 3.06. The van der Waals surface area contributed by atoms with Crippen LogP contribution in [0.15, 0.2) is 78.9 Å². The van der Waals surface area contributed by atoms with Crippen molar-refractivity contribution < 1.29 is 29.3 Å². The Balaban J connectivity index is 1.21. The maximum Gasteiger partial charge on any atom is 0.303 e. The van der Waals surface area contributed by atoms with Crippen molar-refractivity contribution in [3.63, 3.8) is 0 Å². The lowest BCUT2D eigenvalue weighted by atomic mass is 9.99. The van der Waals surface area contributed by atoms with Crippen molar-refractivity contribution >= 4 is 17.6 Å². The average molecular weight is 616 g/mol. The molecule has 0 radical (unpaired) electrons. The third-order valence-corrected chi connectivity index (χ3v) is 8.53. The smallest absolute Gasteiger partial charge is 0.303 e. The SMILES string of the molecule is O=C(O)CCCCCC(=O)Nc1cccc([C@H]2O[C@@H](CN3CCN(Cc4ccccc4)CC3)C[C@@H](c3ccc(CO)cc3)O2)c1. The first-order valence-corrected chi connectivity index (χ1v) is 16.1. The number of aliphatic carboxylic acids is 1. The highest BCUT2D eigenvalue weighted by Gasteiger charge is 2.34. The summed E-state index contributed by atoms with van der Waals surface area (Å²) in [5.41, 5.74) is 4.76. The van der Waals surface area contributed by atoms with Crippen molar-refractivity contribution in [3.05, 3.63) is 101 Å². The second kappa shape index (κ2) is 16.6. The van der Waals surface area contributed by atoms with Gasteiger partial charge in [0.25, 0.3) is 0 Å². The van der Waals surface area contributed by atoms with Crippen molar-refractivity contribution in [3.8, 4) is 0 Å². The number of hydrogen-bond donors (Lipinski definition) is 3. The van der Waals surface area contributed by atoms with Crippen LogP contribution in [0.25, 0.3) is 0 Å². The molecule has 0 aliphatic carbocycles. The van der Waals surface area contributed by atoms with Gasteiger partial charge in [-0.1, -0.05) is 73.2 Å². The number of benzene rings is 3. The lowest BCUT2D eigenvalue weighted by Gasteiger charge is -2.41. The molecule has 0 unspecified atom stereocenters. The Labute approximate surface area is 265 Å². The summed E-state index contributed by atoms with van der Waals surface area (Å²) in [7, 11) is 0. The fraction of sp³-hybridized carbons (Fsp3) is 0.444. The van der Waals surface area contributed by atoms with Crippen molar-refractivity contribution in [2.45, 2.75) is 70.2 Å². The van der Waals surface area contributed by atoms with Gasteiger partial charge in [0.1, 0.15) is 0 Å². The van der Waals surface area contributed by atoms with E-state index >= 15 is 0 Å². The Morgan fingerprint density at radius 2 is 1.51 bits per heavy atom. The highest BCUT2D eigenvalue weighted by molar-refractivity contribution is 5.90. The molecule has 2 saturated heterocycles. The van der Waals surface area contributed by atoms with E-state index in [9.17, 15) is 14.7 Å². The first-order chi connectivity index (χ1) is 21.9. The van der Waals surface area contributed by atoms with Gasteiger partial charge in [-0.25, -0.2) is 0 Å². The number of amides is 1.